The molecule has 0 spiro atoms. The van der Waals surface area contributed by atoms with E-state index in [0.29, 0.717) is 0 Å². The van der Waals surface area contributed by atoms with E-state index in [4.69, 9.17) is 0 Å². The summed E-state index contributed by atoms with van der Waals surface area (Å²) >= 11 is 0. The zero-order valence-electron chi connectivity index (χ0n) is 10.3. The molecule has 0 aromatic carbocycles. The van der Waals surface area contributed by atoms with Crippen LogP contribution in [0.3, 0.4) is 0 Å². The maximum atomic E-state index is 9.48. The molecule has 0 unspecified atom stereocenters. The van der Waals surface area contributed by atoms with Gasteiger partial charge in [0.2, 0.25) is 0 Å². The van der Waals surface area contributed by atoms with Crippen LogP contribution in [-0.2, 0) is 0 Å². The second-order valence-corrected chi connectivity index (χ2v) is 5.05. The van der Waals surface area contributed by atoms with Crippen LogP contribution in [0.25, 0.3) is 0 Å². The highest BCUT2D eigenvalue weighted by molar-refractivity contribution is 4.92. The topological polar surface area (TPSA) is 20.2 Å². The Balaban J connectivity index is 3.19. The van der Waals surface area contributed by atoms with Gasteiger partial charge in [-0.15, -0.1) is 0 Å². The highest BCUT2D eigenvalue weighted by Crippen LogP contribution is 2.14. The molecule has 0 aliphatic rings. The summed E-state index contributed by atoms with van der Waals surface area (Å²) in [4.78, 5) is 0. The van der Waals surface area contributed by atoms with Crippen molar-refractivity contribution in [2.75, 3.05) is 0 Å². The molecular formula is C13H26O. The minimum atomic E-state index is -0.472. The van der Waals surface area contributed by atoms with E-state index in [1.807, 2.05) is 13.8 Å². The van der Waals surface area contributed by atoms with Crippen molar-refractivity contribution in [3.8, 4) is 0 Å². The van der Waals surface area contributed by atoms with E-state index in [1.165, 1.54) is 31.3 Å². The van der Waals surface area contributed by atoms with E-state index in [-0.39, 0.29) is 0 Å². The molecule has 0 atom stereocenters. The first-order valence-electron chi connectivity index (χ1n) is 5.77. The van der Waals surface area contributed by atoms with Crippen molar-refractivity contribution in [2.24, 2.45) is 0 Å². The van der Waals surface area contributed by atoms with Gasteiger partial charge in [0.05, 0.1) is 5.60 Å². The lowest BCUT2D eigenvalue weighted by atomic mass is 10.00. The largest absolute Gasteiger partial charge is 0.390 e. The second kappa shape index (κ2) is 7.05. The van der Waals surface area contributed by atoms with Crippen molar-refractivity contribution < 1.29 is 5.11 Å². The number of unbranched alkanes of at least 4 members (excludes halogenated alkanes) is 4. The summed E-state index contributed by atoms with van der Waals surface area (Å²) in [6.45, 7) is 8.06. The third-order valence-corrected chi connectivity index (χ3v) is 2.30. The highest BCUT2D eigenvalue weighted by Gasteiger charge is 2.10. The van der Waals surface area contributed by atoms with Crippen molar-refractivity contribution in [2.45, 2.75) is 71.8 Å². The van der Waals surface area contributed by atoms with E-state index in [0.717, 1.165) is 12.8 Å². The van der Waals surface area contributed by atoms with Gasteiger partial charge < -0.3 is 5.11 Å². The summed E-state index contributed by atoms with van der Waals surface area (Å²) in [5.41, 5.74) is 0.946. The van der Waals surface area contributed by atoms with Gasteiger partial charge >= 0.3 is 0 Å². The molecule has 0 bridgehead atoms. The molecule has 0 aromatic rings. The molecule has 0 heterocycles. The first-order chi connectivity index (χ1) is 6.42. The Hall–Kier alpha value is -0.300. The molecule has 1 heteroatoms. The smallest absolute Gasteiger partial charge is 0.0591 e. The second-order valence-electron chi connectivity index (χ2n) is 5.05. The van der Waals surface area contributed by atoms with Crippen LogP contribution in [0.15, 0.2) is 11.6 Å². The van der Waals surface area contributed by atoms with E-state index in [2.05, 4.69) is 19.9 Å². The van der Waals surface area contributed by atoms with Crippen molar-refractivity contribution in [1.82, 2.24) is 0 Å². The highest BCUT2D eigenvalue weighted by atomic mass is 16.3. The quantitative estimate of drug-likeness (QED) is 0.483. The van der Waals surface area contributed by atoms with E-state index >= 15 is 0 Å². The van der Waals surface area contributed by atoms with Crippen LogP contribution in [0.4, 0.5) is 0 Å². The minimum absolute atomic E-state index is 0.472. The van der Waals surface area contributed by atoms with E-state index in [1.54, 1.807) is 0 Å². The Kier molecular flexibility index (Phi) is 6.90. The number of hydrogen-bond donors (Lipinski definition) is 1. The third-order valence-electron chi connectivity index (χ3n) is 2.30. The molecule has 0 aromatic heterocycles. The summed E-state index contributed by atoms with van der Waals surface area (Å²) in [6.07, 6.45) is 9.42. The summed E-state index contributed by atoms with van der Waals surface area (Å²) in [5.74, 6) is 0. The lowest BCUT2D eigenvalue weighted by Crippen LogP contribution is -2.17. The van der Waals surface area contributed by atoms with Crippen LogP contribution in [0.2, 0.25) is 0 Å². The molecular weight excluding hydrogens is 172 g/mol. The fourth-order valence-electron chi connectivity index (χ4n) is 1.45. The maximum Gasteiger partial charge on any atom is 0.0591 e. The van der Waals surface area contributed by atoms with Gasteiger partial charge in [-0.25, -0.2) is 0 Å². The maximum absolute atomic E-state index is 9.48. The standard InChI is InChI=1S/C13H26O/c1-12(2)10-8-6-5-7-9-11-13(3,4)14/h10,14H,5-9,11H2,1-4H3. The van der Waals surface area contributed by atoms with Gasteiger partial charge in [-0.2, -0.15) is 0 Å². The predicted octanol–water partition coefficient (Wildman–Crippen LogP) is 4.06. The monoisotopic (exact) mass is 198 g/mol. The Morgan fingerprint density at radius 1 is 1.07 bits per heavy atom. The first-order valence-corrected chi connectivity index (χ1v) is 5.77. The number of hydrogen-bond acceptors (Lipinski definition) is 1. The first kappa shape index (κ1) is 13.7. The van der Waals surface area contributed by atoms with Crippen LogP contribution >= 0.6 is 0 Å². The number of allylic oxidation sites excluding steroid dienone is 2. The van der Waals surface area contributed by atoms with Crippen molar-refractivity contribution in [3.05, 3.63) is 11.6 Å². The number of aliphatic hydroxyl groups is 1. The van der Waals surface area contributed by atoms with Crippen LogP contribution < -0.4 is 0 Å². The van der Waals surface area contributed by atoms with Crippen molar-refractivity contribution >= 4 is 0 Å². The van der Waals surface area contributed by atoms with Crippen molar-refractivity contribution in [1.29, 1.82) is 0 Å². The Bertz CT molecular complexity index is 159. The molecule has 0 aliphatic carbocycles. The molecule has 1 nitrogen and oxygen atoms in total. The molecule has 1 N–H and O–H groups in total. The van der Waals surface area contributed by atoms with Crippen LogP contribution in [0, 0.1) is 0 Å². The third kappa shape index (κ3) is 11.7. The van der Waals surface area contributed by atoms with Crippen LogP contribution in [0.5, 0.6) is 0 Å². The van der Waals surface area contributed by atoms with Crippen LogP contribution in [-0.4, -0.2) is 10.7 Å². The number of rotatable bonds is 7. The normalized spacial score (nSPS) is 11.5. The molecule has 0 saturated heterocycles. The molecule has 0 rings (SSSR count). The van der Waals surface area contributed by atoms with E-state index < -0.39 is 5.60 Å². The predicted molar refractivity (Wildman–Crippen MR) is 63.4 cm³/mol. The molecule has 0 amide bonds. The SMILES string of the molecule is CC(C)=CCCCCCCC(C)(C)O. The van der Waals surface area contributed by atoms with Gasteiger partial charge in [0.15, 0.2) is 0 Å². The summed E-state index contributed by atoms with van der Waals surface area (Å²) in [6, 6.07) is 0. The Morgan fingerprint density at radius 3 is 2.14 bits per heavy atom. The van der Waals surface area contributed by atoms with Crippen molar-refractivity contribution in [3.63, 3.8) is 0 Å². The lowest BCUT2D eigenvalue weighted by molar-refractivity contribution is 0.0680. The summed E-state index contributed by atoms with van der Waals surface area (Å²) < 4.78 is 0. The molecule has 0 saturated carbocycles. The van der Waals surface area contributed by atoms with Gasteiger partial charge in [-0.1, -0.05) is 30.9 Å². The molecule has 0 radical (unpaired) electrons. The van der Waals surface area contributed by atoms with Gasteiger partial charge in [-0.3, -0.25) is 0 Å². The lowest BCUT2D eigenvalue weighted by Gasteiger charge is -2.16. The van der Waals surface area contributed by atoms with Crippen LogP contribution in [0.1, 0.15) is 66.2 Å². The fraction of sp³-hybridized carbons (Fsp3) is 0.846. The zero-order valence-corrected chi connectivity index (χ0v) is 10.3. The average molecular weight is 198 g/mol. The molecule has 84 valence electrons. The molecule has 0 aliphatic heterocycles. The average Bonchev–Trinajstić information content (AvgIpc) is 2.00. The Morgan fingerprint density at radius 2 is 1.64 bits per heavy atom. The van der Waals surface area contributed by atoms with Gasteiger partial charge in [0.1, 0.15) is 0 Å². The van der Waals surface area contributed by atoms with Gasteiger partial charge in [-0.05, 0) is 47.0 Å². The van der Waals surface area contributed by atoms with E-state index in [9.17, 15) is 5.11 Å². The molecule has 14 heavy (non-hydrogen) atoms. The van der Waals surface area contributed by atoms with Gasteiger partial charge in [0, 0.05) is 0 Å². The van der Waals surface area contributed by atoms with Gasteiger partial charge in [0.25, 0.3) is 0 Å². The summed E-state index contributed by atoms with van der Waals surface area (Å²) in [7, 11) is 0. The Labute approximate surface area is 89.2 Å². The summed E-state index contributed by atoms with van der Waals surface area (Å²) in [5, 5.41) is 9.48. The zero-order chi connectivity index (χ0) is 11.0. The minimum Gasteiger partial charge on any atom is -0.390 e. The fourth-order valence-corrected chi connectivity index (χ4v) is 1.45. The molecule has 0 fully saturated rings.